The van der Waals surface area contributed by atoms with Crippen LogP contribution in [0.4, 0.5) is 5.69 Å². The van der Waals surface area contributed by atoms with Gasteiger partial charge in [-0.2, -0.15) is 0 Å². The molecule has 0 spiro atoms. The summed E-state index contributed by atoms with van der Waals surface area (Å²) >= 11 is 5.95. The SMILES string of the molecule is O=C(O)CCCN(c1cccc(Cl)c1)S(=O)(=O)c1ccccc1. The molecule has 2 aromatic carbocycles. The third kappa shape index (κ3) is 4.46. The van der Waals surface area contributed by atoms with Gasteiger partial charge in [0.25, 0.3) is 10.0 Å². The van der Waals surface area contributed by atoms with Gasteiger partial charge in [0.2, 0.25) is 0 Å². The van der Waals surface area contributed by atoms with E-state index < -0.39 is 16.0 Å². The van der Waals surface area contributed by atoms with Gasteiger partial charge in [0.1, 0.15) is 0 Å². The highest BCUT2D eigenvalue weighted by atomic mass is 35.5. The Balaban J connectivity index is 2.38. The number of hydrogen-bond acceptors (Lipinski definition) is 3. The van der Waals surface area contributed by atoms with Crippen LogP contribution in [0.25, 0.3) is 0 Å². The Hall–Kier alpha value is -2.05. The summed E-state index contributed by atoms with van der Waals surface area (Å²) in [6.07, 6.45) is 0.0925. The number of rotatable bonds is 7. The van der Waals surface area contributed by atoms with Crippen molar-refractivity contribution in [3.63, 3.8) is 0 Å². The van der Waals surface area contributed by atoms with Crippen LogP contribution >= 0.6 is 11.6 Å². The molecule has 0 unspecified atom stereocenters. The van der Waals surface area contributed by atoms with Crippen molar-refractivity contribution in [2.24, 2.45) is 0 Å². The van der Waals surface area contributed by atoms with Gasteiger partial charge >= 0.3 is 5.97 Å². The fraction of sp³-hybridized carbons (Fsp3) is 0.188. The second kappa shape index (κ2) is 7.48. The van der Waals surface area contributed by atoms with E-state index in [0.29, 0.717) is 10.7 Å². The van der Waals surface area contributed by atoms with Crippen molar-refractivity contribution in [1.29, 1.82) is 0 Å². The first kappa shape index (κ1) is 17.3. The standard InChI is InChI=1S/C16H16ClNO4S/c17-13-6-4-7-14(12-13)18(11-5-10-16(19)20)23(21,22)15-8-2-1-3-9-15/h1-4,6-9,12H,5,10-11H2,(H,19,20). The number of sulfonamides is 1. The number of hydrogen-bond donors (Lipinski definition) is 1. The van der Waals surface area contributed by atoms with Crippen molar-refractivity contribution >= 4 is 33.3 Å². The Kier molecular flexibility index (Phi) is 5.63. The second-order valence-corrected chi connectivity index (χ2v) is 7.17. The molecule has 23 heavy (non-hydrogen) atoms. The van der Waals surface area contributed by atoms with Gasteiger partial charge < -0.3 is 5.11 Å². The zero-order valence-corrected chi connectivity index (χ0v) is 13.8. The van der Waals surface area contributed by atoms with Gasteiger partial charge in [-0.05, 0) is 36.8 Å². The lowest BCUT2D eigenvalue weighted by atomic mass is 10.3. The van der Waals surface area contributed by atoms with Crippen LogP contribution in [0.2, 0.25) is 5.02 Å². The van der Waals surface area contributed by atoms with Crippen LogP contribution in [-0.2, 0) is 14.8 Å². The van der Waals surface area contributed by atoms with Gasteiger partial charge in [-0.3, -0.25) is 9.10 Å². The van der Waals surface area contributed by atoms with E-state index in [2.05, 4.69) is 0 Å². The molecule has 0 aliphatic rings. The largest absolute Gasteiger partial charge is 0.481 e. The minimum Gasteiger partial charge on any atom is -0.481 e. The maximum Gasteiger partial charge on any atom is 0.303 e. The van der Waals surface area contributed by atoms with Gasteiger partial charge in [-0.1, -0.05) is 35.9 Å². The highest BCUT2D eigenvalue weighted by Crippen LogP contribution is 2.26. The van der Waals surface area contributed by atoms with E-state index in [9.17, 15) is 13.2 Å². The molecule has 0 aliphatic carbocycles. The Bertz CT molecular complexity index is 778. The molecule has 0 amide bonds. The monoisotopic (exact) mass is 353 g/mol. The molecule has 1 N–H and O–H groups in total. The number of anilines is 1. The molecule has 0 aromatic heterocycles. The molecular formula is C16H16ClNO4S. The van der Waals surface area contributed by atoms with Gasteiger partial charge in [-0.25, -0.2) is 8.42 Å². The fourth-order valence-electron chi connectivity index (χ4n) is 2.11. The number of aliphatic carboxylic acids is 1. The van der Waals surface area contributed by atoms with Crippen molar-refractivity contribution < 1.29 is 18.3 Å². The average molecular weight is 354 g/mol. The summed E-state index contributed by atoms with van der Waals surface area (Å²) in [5.74, 6) is -0.965. The molecule has 7 heteroatoms. The molecule has 0 radical (unpaired) electrons. The van der Waals surface area contributed by atoms with E-state index in [1.54, 1.807) is 42.5 Å². The molecular weight excluding hydrogens is 338 g/mol. The van der Waals surface area contributed by atoms with E-state index in [-0.39, 0.29) is 24.3 Å². The summed E-state index contributed by atoms with van der Waals surface area (Å²) < 4.78 is 26.9. The Morgan fingerprint density at radius 2 is 1.78 bits per heavy atom. The normalized spacial score (nSPS) is 11.2. The van der Waals surface area contributed by atoms with E-state index in [4.69, 9.17) is 16.7 Å². The average Bonchev–Trinajstić information content (AvgIpc) is 2.52. The molecule has 2 rings (SSSR count). The second-order valence-electron chi connectivity index (χ2n) is 4.87. The molecule has 0 saturated carbocycles. The maximum absolute atomic E-state index is 12.9. The smallest absolute Gasteiger partial charge is 0.303 e. The number of halogens is 1. The highest BCUT2D eigenvalue weighted by Gasteiger charge is 2.24. The predicted molar refractivity (Wildman–Crippen MR) is 89.3 cm³/mol. The number of nitrogens with zero attached hydrogens (tertiary/aromatic N) is 1. The number of carbonyl (C=O) groups is 1. The molecule has 122 valence electrons. The summed E-state index contributed by atoms with van der Waals surface area (Å²) in [5.41, 5.74) is 0.409. The van der Waals surface area contributed by atoms with Crippen LogP contribution in [0.1, 0.15) is 12.8 Å². The lowest BCUT2D eigenvalue weighted by molar-refractivity contribution is -0.137. The first-order valence-electron chi connectivity index (χ1n) is 6.96. The molecule has 5 nitrogen and oxygen atoms in total. The summed E-state index contributed by atoms with van der Waals surface area (Å²) in [4.78, 5) is 10.9. The number of carboxylic acids is 1. The van der Waals surface area contributed by atoms with Crippen molar-refractivity contribution in [2.75, 3.05) is 10.8 Å². The Morgan fingerprint density at radius 3 is 2.39 bits per heavy atom. The Labute approximate surface area is 140 Å². The van der Waals surface area contributed by atoms with Crippen LogP contribution < -0.4 is 4.31 Å². The van der Waals surface area contributed by atoms with Crippen LogP contribution in [0, 0.1) is 0 Å². The third-order valence-electron chi connectivity index (χ3n) is 3.18. The lowest BCUT2D eigenvalue weighted by Gasteiger charge is -2.24. The quantitative estimate of drug-likeness (QED) is 0.827. The minimum absolute atomic E-state index is 0.0594. The molecule has 0 fully saturated rings. The number of benzene rings is 2. The molecule has 0 saturated heterocycles. The van der Waals surface area contributed by atoms with E-state index in [1.165, 1.54) is 16.4 Å². The minimum atomic E-state index is -3.79. The maximum atomic E-state index is 12.9. The summed E-state index contributed by atoms with van der Waals surface area (Å²) in [6, 6.07) is 14.5. The highest BCUT2D eigenvalue weighted by molar-refractivity contribution is 7.92. The topological polar surface area (TPSA) is 74.7 Å². The Morgan fingerprint density at radius 1 is 1.09 bits per heavy atom. The molecule has 0 bridgehead atoms. The van der Waals surface area contributed by atoms with E-state index >= 15 is 0 Å². The van der Waals surface area contributed by atoms with Crippen LogP contribution in [0.5, 0.6) is 0 Å². The first-order chi connectivity index (χ1) is 10.9. The van der Waals surface area contributed by atoms with Crippen LogP contribution in [0.3, 0.4) is 0 Å². The third-order valence-corrected chi connectivity index (χ3v) is 5.26. The van der Waals surface area contributed by atoms with Crippen molar-refractivity contribution in [3.05, 3.63) is 59.6 Å². The van der Waals surface area contributed by atoms with E-state index in [1.807, 2.05) is 0 Å². The van der Waals surface area contributed by atoms with Crippen LogP contribution in [0.15, 0.2) is 59.5 Å². The summed E-state index contributed by atoms with van der Waals surface area (Å²) in [5, 5.41) is 9.18. The lowest BCUT2D eigenvalue weighted by Crippen LogP contribution is -2.32. The molecule has 0 atom stereocenters. The predicted octanol–water partition coefficient (Wildman–Crippen LogP) is 3.40. The molecule has 2 aromatic rings. The van der Waals surface area contributed by atoms with Crippen LogP contribution in [-0.4, -0.2) is 26.0 Å². The van der Waals surface area contributed by atoms with Gasteiger partial charge in [0.15, 0.2) is 0 Å². The van der Waals surface area contributed by atoms with Crippen molar-refractivity contribution in [1.82, 2.24) is 0 Å². The first-order valence-corrected chi connectivity index (χ1v) is 8.78. The van der Waals surface area contributed by atoms with Crippen molar-refractivity contribution in [2.45, 2.75) is 17.7 Å². The fourth-order valence-corrected chi connectivity index (χ4v) is 3.81. The van der Waals surface area contributed by atoms with Gasteiger partial charge in [-0.15, -0.1) is 0 Å². The zero-order valence-electron chi connectivity index (χ0n) is 12.2. The van der Waals surface area contributed by atoms with Gasteiger partial charge in [0.05, 0.1) is 10.6 Å². The summed E-state index contributed by atoms with van der Waals surface area (Å²) in [6.45, 7) is 0.0594. The number of carboxylic acid groups (broad SMARTS) is 1. The van der Waals surface area contributed by atoms with Crippen molar-refractivity contribution in [3.8, 4) is 0 Å². The zero-order chi connectivity index (χ0) is 16.9. The molecule has 0 aliphatic heterocycles. The molecule has 0 heterocycles. The summed E-state index contributed by atoms with van der Waals surface area (Å²) in [7, 11) is -3.79. The van der Waals surface area contributed by atoms with Gasteiger partial charge in [0, 0.05) is 18.0 Å². The van der Waals surface area contributed by atoms with E-state index in [0.717, 1.165) is 0 Å².